The van der Waals surface area contributed by atoms with Gasteiger partial charge in [0.15, 0.2) is 5.82 Å². The van der Waals surface area contributed by atoms with Crippen LogP contribution in [0.25, 0.3) is 11.4 Å². The fourth-order valence-corrected chi connectivity index (χ4v) is 1.90. The Morgan fingerprint density at radius 2 is 2.19 bits per heavy atom. The van der Waals surface area contributed by atoms with E-state index in [1.807, 2.05) is 10.6 Å². The second-order valence-electron chi connectivity index (χ2n) is 4.09. The molecule has 0 bridgehead atoms. The van der Waals surface area contributed by atoms with E-state index in [-0.39, 0.29) is 0 Å². The minimum Gasteiger partial charge on any atom is -0.313 e. The third-order valence-corrected chi connectivity index (χ3v) is 2.57. The molecule has 0 aromatic carbocycles. The molecule has 0 aliphatic rings. The molecular formula is C11H13BrN4. The highest BCUT2D eigenvalue weighted by atomic mass is 79.9. The third kappa shape index (κ3) is 2.47. The Bertz CT molecular complexity index is 478. The Kier molecular flexibility index (Phi) is 3.33. The van der Waals surface area contributed by atoms with Gasteiger partial charge in [-0.1, -0.05) is 13.8 Å². The van der Waals surface area contributed by atoms with Crippen LogP contribution >= 0.6 is 15.9 Å². The van der Waals surface area contributed by atoms with Gasteiger partial charge in [0.25, 0.3) is 0 Å². The first kappa shape index (κ1) is 11.3. The van der Waals surface area contributed by atoms with E-state index in [1.54, 1.807) is 18.7 Å². The molecule has 0 amide bonds. The molecule has 2 aromatic rings. The van der Waals surface area contributed by atoms with Gasteiger partial charge in [0.1, 0.15) is 6.33 Å². The number of rotatable bonds is 3. The van der Waals surface area contributed by atoms with Crippen LogP contribution in [0.15, 0.2) is 29.3 Å². The Labute approximate surface area is 103 Å². The minimum absolute atomic E-state index is 0.565. The highest BCUT2D eigenvalue weighted by Gasteiger charge is 2.08. The Morgan fingerprint density at radius 1 is 1.38 bits per heavy atom. The zero-order chi connectivity index (χ0) is 11.5. The van der Waals surface area contributed by atoms with Crippen molar-refractivity contribution in [3.63, 3.8) is 0 Å². The highest BCUT2D eigenvalue weighted by molar-refractivity contribution is 9.10. The van der Waals surface area contributed by atoms with Gasteiger partial charge in [-0.3, -0.25) is 4.98 Å². The number of halogens is 1. The predicted octanol–water partition coefficient (Wildman–Crippen LogP) is 2.76. The predicted molar refractivity (Wildman–Crippen MR) is 65.8 cm³/mol. The summed E-state index contributed by atoms with van der Waals surface area (Å²) >= 11 is 3.40. The Hall–Kier alpha value is -1.23. The highest BCUT2D eigenvalue weighted by Crippen LogP contribution is 2.20. The fraction of sp³-hybridized carbons (Fsp3) is 0.364. The van der Waals surface area contributed by atoms with Gasteiger partial charge in [-0.2, -0.15) is 0 Å². The van der Waals surface area contributed by atoms with Crippen molar-refractivity contribution in [2.45, 2.75) is 20.4 Å². The SMILES string of the molecule is CC(C)Cn1cnnc1-c1cncc(Br)c1. The number of aromatic nitrogens is 4. The van der Waals surface area contributed by atoms with E-state index in [0.717, 1.165) is 22.4 Å². The molecule has 0 radical (unpaired) electrons. The summed E-state index contributed by atoms with van der Waals surface area (Å²) in [5, 5.41) is 8.08. The van der Waals surface area contributed by atoms with Crippen LogP contribution in [-0.2, 0) is 6.54 Å². The van der Waals surface area contributed by atoms with Crippen molar-refractivity contribution in [2.24, 2.45) is 5.92 Å². The van der Waals surface area contributed by atoms with Crippen LogP contribution in [-0.4, -0.2) is 19.7 Å². The Morgan fingerprint density at radius 3 is 2.88 bits per heavy atom. The summed E-state index contributed by atoms with van der Waals surface area (Å²) in [6.07, 6.45) is 5.31. The standard InChI is InChI=1S/C11H13BrN4/c1-8(2)6-16-7-14-15-11(16)9-3-10(12)5-13-4-9/h3-5,7-8H,6H2,1-2H3. The summed E-state index contributed by atoms with van der Waals surface area (Å²) in [7, 11) is 0. The number of pyridine rings is 1. The van der Waals surface area contributed by atoms with Gasteiger partial charge in [0.2, 0.25) is 0 Å². The quantitative estimate of drug-likeness (QED) is 0.868. The van der Waals surface area contributed by atoms with E-state index >= 15 is 0 Å². The maximum absolute atomic E-state index is 4.13. The van der Waals surface area contributed by atoms with Crippen LogP contribution < -0.4 is 0 Å². The van der Waals surface area contributed by atoms with Crippen molar-refractivity contribution in [1.82, 2.24) is 19.7 Å². The lowest BCUT2D eigenvalue weighted by Gasteiger charge is -2.08. The summed E-state index contributed by atoms with van der Waals surface area (Å²) in [5.74, 6) is 1.43. The summed E-state index contributed by atoms with van der Waals surface area (Å²) in [4.78, 5) is 4.13. The molecule has 84 valence electrons. The van der Waals surface area contributed by atoms with Crippen molar-refractivity contribution in [2.75, 3.05) is 0 Å². The maximum Gasteiger partial charge on any atom is 0.165 e. The number of hydrogen-bond acceptors (Lipinski definition) is 3. The van der Waals surface area contributed by atoms with Crippen LogP contribution in [0.5, 0.6) is 0 Å². The lowest BCUT2D eigenvalue weighted by atomic mass is 10.2. The molecule has 4 nitrogen and oxygen atoms in total. The average molecular weight is 281 g/mol. The second kappa shape index (κ2) is 4.74. The van der Waals surface area contributed by atoms with Crippen LogP contribution in [0.3, 0.4) is 0 Å². The molecule has 0 saturated carbocycles. The first-order valence-electron chi connectivity index (χ1n) is 5.15. The van der Waals surface area contributed by atoms with Crippen molar-refractivity contribution >= 4 is 15.9 Å². The molecule has 0 spiro atoms. The van der Waals surface area contributed by atoms with Crippen molar-refractivity contribution < 1.29 is 0 Å². The van der Waals surface area contributed by atoms with Crippen LogP contribution in [0.2, 0.25) is 0 Å². The van der Waals surface area contributed by atoms with Gasteiger partial charge in [-0.15, -0.1) is 10.2 Å². The van der Waals surface area contributed by atoms with Gasteiger partial charge in [0, 0.05) is 29.0 Å². The molecule has 2 heterocycles. The topological polar surface area (TPSA) is 43.6 Å². The van der Waals surface area contributed by atoms with E-state index in [0.29, 0.717) is 5.92 Å². The maximum atomic E-state index is 4.13. The molecule has 0 fully saturated rings. The second-order valence-corrected chi connectivity index (χ2v) is 5.01. The van der Waals surface area contributed by atoms with Crippen LogP contribution in [0.1, 0.15) is 13.8 Å². The van der Waals surface area contributed by atoms with Gasteiger partial charge in [-0.25, -0.2) is 0 Å². The zero-order valence-corrected chi connectivity index (χ0v) is 10.8. The Balaban J connectivity index is 2.37. The van der Waals surface area contributed by atoms with Crippen LogP contribution in [0.4, 0.5) is 0 Å². The van der Waals surface area contributed by atoms with Gasteiger partial charge >= 0.3 is 0 Å². The summed E-state index contributed by atoms with van der Waals surface area (Å²) in [6.45, 7) is 5.25. The lowest BCUT2D eigenvalue weighted by Crippen LogP contribution is -2.05. The minimum atomic E-state index is 0.565. The third-order valence-electron chi connectivity index (χ3n) is 2.14. The van der Waals surface area contributed by atoms with E-state index in [4.69, 9.17) is 0 Å². The van der Waals surface area contributed by atoms with Gasteiger partial charge in [0.05, 0.1) is 0 Å². The first-order chi connectivity index (χ1) is 7.66. The average Bonchev–Trinajstić information content (AvgIpc) is 2.65. The lowest BCUT2D eigenvalue weighted by molar-refractivity contribution is 0.525. The molecule has 16 heavy (non-hydrogen) atoms. The smallest absolute Gasteiger partial charge is 0.165 e. The molecule has 5 heteroatoms. The van der Waals surface area contributed by atoms with E-state index in [2.05, 4.69) is 45.0 Å². The number of nitrogens with zero attached hydrogens (tertiary/aromatic N) is 4. The summed E-state index contributed by atoms with van der Waals surface area (Å²) in [6, 6.07) is 1.99. The van der Waals surface area contributed by atoms with Gasteiger partial charge in [-0.05, 0) is 27.9 Å². The molecule has 2 aromatic heterocycles. The molecule has 0 atom stereocenters. The molecule has 2 rings (SSSR count). The fourth-order valence-electron chi connectivity index (χ4n) is 1.54. The summed E-state index contributed by atoms with van der Waals surface area (Å²) in [5.41, 5.74) is 0.979. The monoisotopic (exact) mass is 280 g/mol. The van der Waals surface area contributed by atoms with Crippen molar-refractivity contribution in [3.05, 3.63) is 29.3 Å². The van der Waals surface area contributed by atoms with Crippen molar-refractivity contribution in [1.29, 1.82) is 0 Å². The molecule has 0 saturated heterocycles. The largest absolute Gasteiger partial charge is 0.313 e. The first-order valence-corrected chi connectivity index (χ1v) is 5.95. The van der Waals surface area contributed by atoms with Crippen LogP contribution in [0, 0.1) is 5.92 Å². The molecule has 0 N–H and O–H groups in total. The number of hydrogen-bond donors (Lipinski definition) is 0. The van der Waals surface area contributed by atoms with Crippen molar-refractivity contribution in [3.8, 4) is 11.4 Å². The van der Waals surface area contributed by atoms with E-state index < -0.39 is 0 Å². The zero-order valence-electron chi connectivity index (χ0n) is 9.26. The molecule has 0 unspecified atom stereocenters. The molecule has 0 aliphatic carbocycles. The molecule has 0 aliphatic heterocycles. The normalized spacial score (nSPS) is 11.0. The van der Waals surface area contributed by atoms with E-state index in [9.17, 15) is 0 Å². The van der Waals surface area contributed by atoms with E-state index in [1.165, 1.54) is 0 Å². The summed E-state index contributed by atoms with van der Waals surface area (Å²) < 4.78 is 3.00. The van der Waals surface area contributed by atoms with Gasteiger partial charge < -0.3 is 4.57 Å². The molecular weight excluding hydrogens is 268 g/mol.